The SMILES string of the molecule is CC(C)(C)S(=O)(=O)CCOCCCN1CCN(C/N=C\C(=C/N)C(=O)Nc2cccc3c2CN([C@H]2CCC(=O)NC2=O)C3=O)CC1. The second-order valence-electron chi connectivity index (χ2n) is 12.6. The molecule has 0 aliphatic carbocycles. The van der Waals surface area contributed by atoms with Gasteiger partial charge in [0.1, 0.15) is 6.04 Å². The number of benzene rings is 1. The van der Waals surface area contributed by atoms with Gasteiger partial charge < -0.3 is 25.6 Å². The minimum absolute atomic E-state index is 0.0267. The number of nitrogens with two attached hydrogens (primary N) is 1. The number of piperazine rings is 1. The number of aliphatic imine (C=N–C) groups is 1. The number of carbonyl (C=O) groups is 4. The molecule has 0 unspecified atom stereocenters. The van der Waals surface area contributed by atoms with E-state index in [9.17, 15) is 27.6 Å². The van der Waals surface area contributed by atoms with Crippen molar-refractivity contribution in [3.63, 3.8) is 0 Å². The lowest BCUT2D eigenvalue weighted by Gasteiger charge is -2.33. The number of nitrogens with zero attached hydrogens (tertiary/aromatic N) is 4. The summed E-state index contributed by atoms with van der Waals surface area (Å²) in [5.74, 6) is -1.63. The largest absolute Gasteiger partial charge is 0.404 e. The maximum atomic E-state index is 13.1. The topological polar surface area (TPSA) is 184 Å². The number of nitrogens with one attached hydrogen (secondary N) is 2. The quantitative estimate of drug-likeness (QED) is 0.117. The molecule has 0 bridgehead atoms. The zero-order chi connectivity index (χ0) is 33.5. The van der Waals surface area contributed by atoms with E-state index in [0.717, 1.165) is 39.1 Å². The predicted octanol–water partition coefficient (Wildman–Crippen LogP) is 0.495. The molecular formula is C31H45N7O7S. The third-order valence-electron chi connectivity index (χ3n) is 8.44. The highest BCUT2D eigenvalue weighted by atomic mass is 32.2. The van der Waals surface area contributed by atoms with Crippen molar-refractivity contribution in [1.29, 1.82) is 0 Å². The molecule has 3 aliphatic rings. The first kappa shape index (κ1) is 35.2. The molecule has 3 heterocycles. The summed E-state index contributed by atoms with van der Waals surface area (Å²) in [4.78, 5) is 60.4. The van der Waals surface area contributed by atoms with Gasteiger partial charge in [0.15, 0.2) is 9.84 Å². The molecule has 0 aromatic heterocycles. The summed E-state index contributed by atoms with van der Waals surface area (Å²) in [7, 11) is -3.18. The van der Waals surface area contributed by atoms with Crippen LogP contribution in [-0.4, -0.2) is 122 Å². The molecule has 3 aliphatic heterocycles. The first-order chi connectivity index (χ1) is 21.8. The van der Waals surface area contributed by atoms with Gasteiger partial charge in [0.05, 0.1) is 29.3 Å². The third kappa shape index (κ3) is 8.78. The standard InChI is InChI=1S/C31H45N7O7S/c1-31(2,3)46(43,44)17-16-45-15-5-10-36-11-13-37(14-12-36)21-33-19-22(18-32)28(40)34-25-7-4-6-23-24(25)20-38(30(23)42)26-8-9-27(39)35-29(26)41/h4,6-7,18-19,26H,5,8-17,20-21,32H2,1-3H3,(H,34,40)(H,35,39,41)/b22-18+,33-19-/t26-/m0/s1. The number of rotatable bonds is 13. The van der Waals surface area contributed by atoms with Gasteiger partial charge in [0.25, 0.3) is 11.8 Å². The van der Waals surface area contributed by atoms with Gasteiger partial charge in [0, 0.05) is 81.5 Å². The van der Waals surface area contributed by atoms with Crippen LogP contribution >= 0.6 is 0 Å². The number of hydrogen-bond acceptors (Lipinski definition) is 11. The van der Waals surface area contributed by atoms with Crippen LogP contribution in [0.25, 0.3) is 0 Å². The van der Waals surface area contributed by atoms with Crippen molar-refractivity contribution in [1.82, 2.24) is 20.0 Å². The molecule has 14 nitrogen and oxygen atoms in total. The first-order valence-electron chi connectivity index (χ1n) is 15.5. The van der Waals surface area contributed by atoms with Gasteiger partial charge in [-0.15, -0.1) is 0 Å². The summed E-state index contributed by atoms with van der Waals surface area (Å²) in [6.07, 6.45) is 3.84. The molecule has 1 aromatic rings. The van der Waals surface area contributed by atoms with Crippen LogP contribution in [0, 0.1) is 0 Å². The Morgan fingerprint density at radius 1 is 1.13 bits per heavy atom. The fourth-order valence-electron chi connectivity index (χ4n) is 5.45. The number of fused-ring (bicyclic) bond motifs is 1. The number of anilines is 1. The van der Waals surface area contributed by atoms with E-state index in [-0.39, 0.29) is 49.1 Å². The van der Waals surface area contributed by atoms with E-state index in [0.29, 0.717) is 30.1 Å². The first-order valence-corrected chi connectivity index (χ1v) is 17.2. The summed E-state index contributed by atoms with van der Waals surface area (Å²) in [5, 5.41) is 5.11. The highest BCUT2D eigenvalue weighted by molar-refractivity contribution is 7.92. The molecule has 0 spiro atoms. The minimum atomic E-state index is -3.18. The van der Waals surface area contributed by atoms with E-state index in [4.69, 9.17) is 10.5 Å². The van der Waals surface area contributed by atoms with Gasteiger partial charge in [-0.25, -0.2) is 8.42 Å². The Hall–Kier alpha value is -3.66. The van der Waals surface area contributed by atoms with E-state index in [2.05, 4.69) is 25.4 Å². The number of carbonyl (C=O) groups excluding carboxylic acids is 4. The summed E-state index contributed by atoms with van der Waals surface area (Å²) in [6.45, 7) is 10.6. The number of amides is 4. The van der Waals surface area contributed by atoms with E-state index in [1.807, 2.05) is 0 Å². The summed E-state index contributed by atoms with van der Waals surface area (Å²) in [5.41, 5.74) is 7.35. The smallest absolute Gasteiger partial charge is 0.258 e. The van der Waals surface area contributed by atoms with Crippen LogP contribution in [0.4, 0.5) is 5.69 Å². The van der Waals surface area contributed by atoms with Gasteiger partial charge in [-0.05, 0) is 45.7 Å². The molecule has 0 saturated carbocycles. The lowest BCUT2D eigenvalue weighted by Crippen LogP contribution is -2.52. The van der Waals surface area contributed by atoms with Crippen molar-refractivity contribution < 1.29 is 32.3 Å². The van der Waals surface area contributed by atoms with Crippen LogP contribution in [-0.2, 0) is 35.5 Å². The summed E-state index contributed by atoms with van der Waals surface area (Å²) < 4.78 is 29.1. The molecule has 4 N–H and O–H groups in total. The molecule has 1 atom stereocenters. The van der Waals surface area contributed by atoms with Crippen molar-refractivity contribution in [3.05, 3.63) is 41.1 Å². The molecule has 46 heavy (non-hydrogen) atoms. The zero-order valence-corrected chi connectivity index (χ0v) is 27.6. The second kappa shape index (κ2) is 15.3. The van der Waals surface area contributed by atoms with Gasteiger partial charge in [-0.2, -0.15) is 0 Å². The number of hydrogen-bond donors (Lipinski definition) is 3. The van der Waals surface area contributed by atoms with Crippen molar-refractivity contribution in [2.24, 2.45) is 10.7 Å². The molecular weight excluding hydrogens is 614 g/mol. The van der Waals surface area contributed by atoms with E-state index in [1.165, 1.54) is 17.3 Å². The number of sulfone groups is 1. The van der Waals surface area contributed by atoms with Crippen LogP contribution in [0.2, 0.25) is 0 Å². The van der Waals surface area contributed by atoms with Crippen LogP contribution in [0.15, 0.2) is 35.0 Å². The van der Waals surface area contributed by atoms with Gasteiger partial charge in [-0.1, -0.05) is 6.07 Å². The van der Waals surface area contributed by atoms with Gasteiger partial charge in [0.2, 0.25) is 11.8 Å². The van der Waals surface area contributed by atoms with Crippen molar-refractivity contribution in [2.45, 2.75) is 57.4 Å². The molecule has 4 rings (SSSR count). The number of imide groups is 1. The fraction of sp³-hybridized carbons (Fsp3) is 0.581. The maximum absolute atomic E-state index is 13.1. The van der Waals surface area contributed by atoms with Gasteiger partial charge in [-0.3, -0.25) is 34.4 Å². The molecule has 1 aromatic carbocycles. The number of piperidine rings is 1. The Bertz CT molecular complexity index is 1480. The highest BCUT2D eigenvalue weighted by Gasteiger charge is 2.40. The Kier molecular flexibility index (Phi) is 11.7. The average Bonchev–Trinajstić information content (AvgIpc) is 3.34. The summed E-state index contributed by atoms with van der Waals surface area (Å²) >= 11 is 0. The van der Waals surface area contributed by atoms with E-state index in [1.54, 1.807) is 39.0 Å². The predicted molar refractivity (Wildman–Crippen MR) is 174 cm³/mol. The monoisotopic (exact) mass is 659 g/mol. The van der Waals surface area contributed by atoms with Crippen molar-refractivity contribution >= 4 is 45.4 Å². The average molecular weight is 660 g/mol. The second-order valence-corrected chi connectivity index (χ2v) is 15.5. The van der Waals surface area contributed by atoms with E-state index >= 15 is 0 Å². The van der Waals surface area contributed by atoms with Crippen molar-refractivity contribution in [2.75, 3.05) is 63.7 Å². The molecule has 252 valence electrons. The molecule has 15 heteroatoms. The van der Waals surface area contributed by atoms with Crippen LogP contribution in [0.1, 0.15) is 56.0 Å². The summed E-state index contributed by atoms with van der Waals surface area (Å²) in [6, 6.07) is 4.25. The highest BCUT2D eigenvalue weighted by Crippen LogP contribution is 2.32. The van der Waals surface area contributed by atoms with Crippen LogP contribution in [0.5, 0.6) is 0 Å². The molecule has 2 saturated heterocycles. The fourth-order valence-corrected chi connectivity index (χ4v) is 6.40. The lowest BCUT2D eigenvalue weighted by molar-refractivity contribution is -0.137. The molecule has 4 amide bonds. The molecule has 2 fully saturated rings. The van der Waals surface area contributed by atoms with Crippen LogP contribution < -0.4 is 16.4 Å². The maximum Gasteiger partial charge on any atom is 0.258 e. The Morgan fingerprint density at radius 2 is 1.85 bits per heavy atom. The van der Waals surface area contributed by atoms with Crippen molar-refractivity contribution in [3.8, 4) is 0 Å². The molecule has 0 radical (unpaired) electrons. The zero-order valence-electron chi connectivity index (χ0n) is 26.8. The lowest BCUT2D eigenvalue weighted by atomic mass is 10.0. The Labute approximate surface area is 270 Å². The minimum Gasteiger partial charge on any atom is -0.404 e. The number of ether oxygens (including phenoxy) is 1. The van der Waals surface area contributed by atoms with Crippen LogP contribution in [0.3, 0.4) is 0 Å². The van der Waals surface area contributed by atoms with Gasteiger partial charge >= 0.3 is 0 Å². The Morgan fingerprint density at radius 3 is 2.52 bits per heavy atom. The Balaban J connectivity index is 1.19. The van der Waals surface area contributed by atoms with E-state index < -0.39 is 32.4 Å². The third-order valence-corrected chi connectivity index (χ3v) is 11.0. The normalized spacial score (nSPS) is 20.3.